The number of methoxy groups -OCH3 is 2. The Kier molecular flexibility index (Phi) is 21.1. The second-order valence-corrected chi connectivity index (χ2v) is 18.7. The first-order chi connectivity index (χ1) is 25.2. The van der Waals surface area contributed by atoms with Crippen molar-refractivity contribution in [1.29, 1.82) is 0 Å². The summed E-state index contributed by atoms with van der Waals surface area (Å²) in [7, 11) is 0.109. The standard InChI is InChI=1S/C15H18FNO4S.C9H15NO2.C6H4ClFO2S.C4H8O.CH2O3.2Na.H/c1-15(2)11-8-17(13(12(11)15)14(18)21-3)22(19,20)10-6-4-9(16)5-7-10;1-9(2)5-4-10-7(6(5)9)8(11)12-3;7-11(9,10)6-3-1-5(8)2-4-6;1-2-4-5-3-1;2-1-4-3;;;/h4-7,11-13H,8H2,1-3H3;5-7,10H,4H2,1-3H3;1-4H;1-4H2;1,3H;;;/q;;;;;2*+1;-1/p-1/t11-,12-,13-;5-,6-,7-;;;;;;/m00....../s1. The van der Waals surface area contributed by atoms with Gasteiger partial charge >= 0.3 is 71.1 Å². The molecule has 0 radical (unpaired) electrons. The number of nitrogens with zero attached hydrogens (tertiary/aromatic N) is 1. The van der Waals surface area contributed by atoms with Gasteiger partial charge in [-0.05, 0) is 102 Å². The van der Waals surface area contributed by atoms with Crippen LogP contribution >= 0.6 is 10.7 Å². The molecule has 56 heavy (non-hydrogen) atoms. The largest absolute Gasteiger partial charge is 1.00 e. The van der Waals surface area contributed by atoms with Gasteiger partial charge in [0.2, 0.25) is 10.0 Å². The van der Waals surface area contributed by atoms with Gasteiger partial charge < -0.3 is 31.1 Å². The number of nitrogens with one attached hydrogen (secondary N) is 1. The Hall–Kier alpha value is -1.26. The average Bonchev–Trinajstić information content (AvgIpc) is 3.66. The minimum absolute atomic E-state index is 0. The van der Waals surface area contributed by atoms with Crippen molar-refractivity contribution in [3.63, 3.8) is 0 Å². The molecular weight excluding hydrogens is 824 g/mol. The molecular formula is C35H47ClF2N2Na2O12S2. The first-order valence-electron chi connectivity index (χ1n) is 16.9. The molecule has 0 aromatic heterocycles. The van der Waals surface area contributed by atoms with Crippen molar-refractivity contribution in [3.8, 4) is 0 Å². The minimum Gasteiger partial charge on any atom is -1.00 e. The number of fused-ring (bicyclic) bond motifs is 2. The summed E-state index contributed by atoms with van der Waals surface area (Å²) in [6, 6.07) is 8.07. The maximum atomic E-state index is 13.0. The molecule has 3 heterocycles. The van der Waals surface area contributed by atoms with Crippen LogP contribution in [0.25, 0.3) is 0 Å². The summed E-state index contributed by atoms with van der Waals surface area (Å²) < 4.78 is 87.6. The van der Waals surface area contributed by atoms with Crippen molar-refractivity contribution in [2.75, 3.05) is 40.5 Å². The number of hydrogen-bond acceptors (Lipinski definition) is 13. The van der Waals surface area contributed by atoms with Crippen molar-refractivity contribution >= 4 is 48.2 Å². The van der Waals surface area contributed by atoms with Gasteiger partial charge in [-0.15, -0.1) is 0 Å². The Morgan fingerprint density at radius 3 is 1.66 bits per heavy atom. The van der Waals surface area contributed by atoms with Crippen LogP contribution in [-0.2, 0) is 52.6 Å². The van der Waals surface area contributed by atoms with Crippen molar-refractivity contribution < 1.29 is 125 Å². The molecule has 5 fully saturated rings. The second kappa shape index (κ2) is 22.4. The van der Waals surface area contributed by atoms with Gasteiger partial charge in [-0.3, -0.25) is 14.4 Å². The topological polar surface area (TPSA) is 195 Å². The van der Waals surface area contributed by atoms with Crippen molar-refractivity contribution in [1.82, 2.24) is 9.62 Å². The normalized spacial score (nSPS) is 25.5. The van der Waals surface area contributed by atoms with Gasteiger partial charge in [0.1, 0.15) is 23.7 Å². The van der Waals surface area contributed by atoms with Gasteiger partial charge in [0.15, 0.2) is 0 Å². The van der Waals surface area contributed by atoms with Crippen LogP contribution in [0, 0.1) is 46.1 Å². The molecule has 14 nitrogen and oxygen atoms in total. The van der Waals surface area contributed by atoms with E-state index in [-0.39, 0.29) is 113 Å². The van der Waals surface area contributed by atoms with Crippen LogP contribution in [0.3, 0.4) is 0 Å². The Bertz CT molecular complexity index is 1820. The van der Waals surface area contributed by atoms with E-state index in [9.17, 15) is 35.2 Å². The summed E-state index contributed by atoms with van der Waals surface area (Å²) >= 11 is 0. The molecule has 304 valence electrons. The molecule has 1 N–H and O–H groups in total. The zero-order chi connectivity index (χ0) is 40.6. The van der Waals surface area contributed by atoms with Crippen LogP contribution < -0.4 is 69.7 Å². The van der Waals surface area contributed by atoms with Crippen LogP contribution in [-0.4, -0.2) is 92.2 Å². The summed E-state index contributed by atoms with van der Waals surface area (Å²) in [5.74, 6) is -0.340. The predicted octanol–water partition coefficient (Wildman–Crippen LogP) is -2.85. The molecule has 21 heteroatoms. The summed E-state index contributed by atoms with van der Waals surface area (Å²) in [6.07, 6.45) is 2.56. The van der Waals surface area contributed by atoms with E-state index in [1.807, 2.05) is 13.8 Å². The van der Waals surface area contributed by atoms with Crippen LogP contribution in [0.1, 0.15) is 42.0 Å². The molecule has 2 aromatic carbocycles. The molecule has 3 aliphatic heterocycles. The van der Waals surface area contributed by atoms with Gasteiger partial charge in [-0.1, -0.05) is 27.7 Å². The molecule has 2 aromatic rings. The second-order valence-electron chi connectivity index (χ2n) is 14.2. The van der Waals surface area contributed by atoms with E-state index in [0.717, 1.165) is 56.2 Å². The molecule has 5 aliphatic rings. The summed E-state index contributed by atoms with van der Waals surface area (Å²) in [4.78, 5) is 34.5. The Balaban J connectivity index is 0.000000765. The molecule has 0 amide bonds. The molecule has 0 unspecified atom stereocenters. The predicted molar refractivity (Wildman–Crippen MR) is 189 cm³/mol. The fourth-order valence-corrected chi connectivity index (χ4v) is 9.70. The van der Waals surface area contributed by atoms with Crippen LogP contribution in [0.5, 0.6) is 0 Å². The summed E-state index contributed by atoms with van der Waals surface area (Å²) in [6.45, 7) is 11.6. The Morgan fingerprint density at radius 1 is 0.857 bits per heavy atom. The number of rotatable bonds is 6. The van der Waals surface area contributed by atoms with E-state index in [1.54, 1.807) is 0 Å². The van der Waals surface area contributed by atoms with Crippen LogP contribution in [0.4, 0.5) is 8.78 Å². The quantitative estimate of drug-likeness (QED) is 0.0780. The van der Waals surface area contributed by atoms with Gasteiger partial charge in [0, 0.05) is 30.4 Å². The van der Waals surface area contributed by atoms with Crippen LogP contribution in [0.2, 0.25) is 0 Å². The molecule has 2 aliphatic carbocycles. The number of carbonyl (C=O) groups excluding carboxylic acids is 3. The number of halogens is 3. The zero-order valence-corrected chi connectivity index (χ0v) is 39.1. The van der Waals surface area contributed by atoms with Gasteiger partial charge in [0.05, 0.1) is 24.0 Å². The first kappa shape index (κ1) is 52.8. The van der Waals surface area contributed by atoms with Gasteiger partial charge in [-0.2, -0.15) is 4.31 Å². The zero-order valence-electron chi connectivity index (χ0n) is 33.7. The number of esters is 2. The van der Waals surface area contributed by atoms with Crippen molar-refractivity contribution in [3.05, 3.63) is 60.2 Å². The van der Waals surface area contributed by atoms with E-state index in [2.05, 4.69) is 24.1 Å². The first-order valence-corrected chi connectivity index (χ1v) is 20.6. The monoisotopic (exact) mass is 870 g/mol. The van der Waals surface area contributed by atoms with E-state index >= 15 is 0 Å². The average molecular weight is 871 g/mol. The van der Waals surface area contributed by atoms with Gasteiger partial charge in [0.25, 0.3) is 15.5 Å². The third-order valence-electron chi connectivity index (χ3n) is 10.5. The Morgan fingerprint density at radius 2 is 1.30 bits per heavy atom. The molecule has 0 bridgehead atoms. The maximum absolute atomic E-state index is 13.0. The van der Waals surface area contributed by atoms with E-state index in [4.69, 9.17) is 34.9 Å². The Labute approximate surface area is 377 Å². The number of piperidine rings is 2. The number of sulfonamides is 1. The molecule has 0 spiro atoms. The summed E-state index contributed by atoms with van der Waals surface area (Å²) in [5.41, 5.74) is 0.289. The summed E-state index contributed by atoms with van der Waals surface area (Å²) in [5, 5.41) is 11.6. The van der Waals surface area contributed by atoms with Crippen LogP contribution in [0.15, 0.2) is 58.3 Å². The molecule has 7 rings (SSSR count). The number of carbonyl (C=O) groups is 3. The molecule has 2 saturated carbocycles. The third-order valence-corrected chi connectivity index (χ3v) is 13.7. The van der Waals surface area contributed by atoms with E-state index < -0.39 is 42.7 Å². The molecule has 3 saturated heterocycles. The fraction of sp³-hybridized carbons (Fsp3) is 0.571. The van der Waals surface area contributed by atoms with E-state index in [1.165, 1.54) is 43.5 Å². The number of benzene rings is 2. The maximum Gasteiger partial charge on any atom is 1.00 e. The number of hydrogen-bond donors (Lipinski definition) is 1. The minimum atomic E-state index is -3.85. The van der Waals surface area contributed by atoms with Crippen molar-refractivity contribution in [2.45, 2.75) is 62.4 Å². The fourth-order valence-electron chi connectivity index (χ4n) is 7.31. The molecule has 6 atom stereocenters. The van der Waals surface area contributed by atoms with E-state index in [0.29, 0.717) is 17.3 Å². The van der Waals surface area contributed by atoms with Crippen molar-refractivity contribution in [2.24, 2.45) is 34.5 Å². The smallest absolute Gasteiger partial charge is 1.00 e. The third kappa shape index (κ3) is 13.1. The number of ether oxygens (including phenoxy) is 3. The van der Waals surface area contributed by atoms with Gasteiger partial charge in [-0.25, -0.2) is 25.6 Å². The SMILES string of the molecule is C1CCOC1.COC(=O)[C@@H]1[C@@H]2[C@H](CN1S(=O)(=O)c1ccc(F)cc1)C2(C)C.COC(=O)[C@H]1NC[C@H]2[C@@H]1C2(C)C.O=CO[O-].O=S(=O)(Cl)c1ccc(F)cc1.[H-].[Na+].[Na+].